The minimum Gasteiger partial charge on any atom is -0.497 e. The molecular formula is C18H21BrClN3O5. The molecule has 1 N–H and O–H groups in total. The number of halogens is 2. The Bertz CT molecular complexity index is 842. The maximum Gasteiger partial charge on any atom is 0.354 e. The third-order valence-corrected chi connectivity index (χ3v) is 4.77. The van der Waals surface area contributed by atoms with Gasteiger partial charge in [-0.25, -0.2) is 4.98 Å². The quantitative estimate of drug-likeness (QED) is 0.386. The van der Waals surface area contributed by atoms with E-state index in [0.29, 0.717) is 28.2 Å². The summed E-state index contributed by atoms with van der Waals surface area (Å²) in [5, 5.41) is 15.2. The Morgan fingerprint density at radius 1 is 1.36 bits per heavy atom. The topological polar surface area (TPSA) is 95.8 Å². The molecule has 1 unspecified atom stereocenters. The zero-order valence-corrected chi connectivity index (χ0v) is 18.3. The number of benzene rings is 1. The zero-order chi connectivity index (χ0) is 20.8. The predicted octanol–water partition coefficient (Wildman–Crippen LogP) is 5.35. The van der Waals surface area contributed by atoms with Crippen molar-refractivity contribution in [2.45, 2.75) is 26.3 Å². The summed E-state index contributed by atoms with van der Waals surface area (Å²) in [4.78, 5) is 15.5. The van der Waals surface area contributed by atoms with E-state index in [2.05, 4.69) is 26.2 Å². The highest BCUT2D eigenvalue weighted by atomic mass is 79.9. The molecule has 1 heterocycles. The van der Waals surface area contributed by atoms with E-state index in [9.17, 15) is 10.1 Å². The second kappa shape index (κ2) is 9.90. The van der Waals surface area contributed by atoms with Crippen molar-refractivity contribution in [2.24, 2.45) is 0 Å². The van der Waals surface area contributed by atoms with Gasteiger partial charge in [0.25, 0.3) is 0 Å². The number of hydrogen-bond acceptors (Lipinski definition) is 7. The van der Waals surface area contributed by atoms with Crippen molar-refractivity contribution >= 4 is 38.9 Å². The van der Waals surface area contributed by atoms with Crippen LogP contribution in [0.1, 0.15) is 19.0 Å². The summed E-state index contributed by atoms with van der Waals surface area (Å²) in [7, 11) is 3.09. The SMILES string of the molecule is CCC(COC)Nc1cc(C)nc(Oc2c(Cl)cc(OC)cc2Br)c1[N+](=O)[O-]. The van der Waals surface area contributed by atoms with E-state index < -0.39 is 4.92 Å². The van der Waals surface area contributed by atoms with E-state index in [1.807, 2.05) is 6.92 Å². The zero-order valence-electron chi connectivity index (χ0n) is 15.9. The second-order valence-corrected chi connectivity index (χ2v) is 7.21. The van der Waals surface area contributed by atoms with Gasteiger partial charge in [0, 0.05) is 24.9 Å². The third kappa shape index (κ3) is 5.24. The van der Waals surface area contributed by atoms with E-state index in [1.165, 1.54) is 7.11 Å². The monoisotopic (exact) mass is 473 g/mol. The van der Waals surface area contributed by atoms with Gasteiger partial charge in [0.2, 0.25) is 0 Å². The lowest BCUT2D eigenvalue weighted by atomic mass is 10.2. The molecule has 8 nitrogen and oxygen atoms in total. The summed E-state index contributed by atoms with van der Waals surface area (Å²) in [6.07, 6.45) is 0.721. The molecule has 0 bridgehead atoms. The van der Waals surface area contributed by atoms with E-state index in [0.717, 1.165) is 6.42 Å². The number of nitrogens with one attached hydrogen (secondary N) is 1. The minimum atomic E-state index is -0.533. The number of rotatable bonds is 9. The minimum absolute atomic E-state index is 0.102. The van der Waals surface area contributed by atoms with Crippen LogP contribution in [0.2, 0.25) is 5.02 Å². The fourth-order valence-electron chi connectivity index (χ4n) is 2.53. The lowest BCUT2D eigenvalue weighted by Gasteiger charge is -2.18. The van der Waals surface area contributed by atoms with Gasteiger partial charge in [-0.3, -0.25) is 10.1 Å². The summed E-state index contributed by atoms with van der Waals surface area (Å²) in [5.41, 5.74) is 0.576. The Hall–Kier alpha value is -2.10. The average Bonchev–Trinajstić information content (AvgIpc) is 2.63. The lowest BCUT2D eigenvalue weighted by Crippen LogP contribution is -2.24. The van der Waals surface area contributed by atoms with Crippen molar-refractivity contribution in [1.29, 1.82) is 0 Å². The number of aromatic nitrogens is 1. The van der Waals surface area contributed by atoms with E-state index >= 15 is 0 Å². The molecule has 0 aliphatic rings. The first kappa shape index (κ1) is 22.2. The maximum atomic E-state index is 11.8. The molecule has 1 atom stereocenters. The number of pyridine rings is 1. The molecule has 1 aromatic carbocycles. The van der Waals surface area contributed by atoms with Crippen LogP contribution in [0, 0.1) is 17.0 Å². The molecule has 152 valence electrons. The van der Waals surface area contributed by atoms with Gasteiger partial charge >= 0.3 is 11.6 Å². The number of methoxy groups -OCH3 is 2. The second-order valence-electron chi connectivity index (χ2n) is 5.95. The Kier molecular flexibility index (Phi) is 7.85. The Morgan fingerprint density at radius 2 is 2.07 bits per heavy atom. The van der Waals surface area contributed by atoms with Gasteiger partial charge in [-0.15, -0.1) is 0 Å². The van der Waals surface area contributed by atoms with Crippen LogP contribution in [-0.4, -0.2) is 36.8 Å². The molecule has 0 aliphatic carbocycles. The van der Waals surface area contributed by atoms with Crippen molar-refractivity contribution in [3.63, 3.8) is 0 Å². The summed E-state index contributed by atoms with van der Waals surface area (Å²) in [6.45, 7) is 4.09. The van der Waals surface area contributed by atoms with Crippen LogP contribution < -0.4 is 14.8 Å². The Morgan fingerprint density at radius 3 is 2.61 bits per heavy atom. The number of nitrogens with zero attached hydrogens (tertiary/aromatic N) is 2. The summed E-state index contributed by atoms with van der Waals surface area (Å²) < 4.78 is 16.6. The first-order chi connectivity index (χ1) is 13.3. The third-order valence-electron chi connectivity index (χ3n) is 3.90. The van der Waals surface area contributed by atoms with E-state index in [-0.39, 0.29) is 28.4 Å². The van der Waals surface area contributed by atoms with Gasteiger partial charge in [0.15, 0.2) is 5.75 Å². The number of ether oxygens (including phenoxy) is 3. The highest BCUT2D eigenvalue weighted by molar-refractivity contribution is 9.10. The molecule has 0 saturated carbocycles. The van der Waals surface area contributed by atoms with Crippen molar-refractivity contribution in [3.8, 4) is 17.4 Å². The van der Waals surface area contributed by atoms with Crippen LogP contribution in [0.15, 0.2) is 22.7 Å². The highest BCUT2D eigenvalue weighted by Gasteiger charge is 2.27. The normalized spacial score (nSPS) is 11.8. The van der Waals surface area contributed by atoms with Gasteiger partial charge in [-0.05, 0) is 41.4 Å². The van der Waals surface area contributed by atoms with Gasteiger partial charge in [0.05, 0.1) is 28.1 Å². The standard InChI is InChI=1S/C18H21BrClN3O5/c1-5-11(9-26-3)22-15-6-10(2)21-18(16(15)23(24)25)28-17-13(19)7-12(27-4)8-14(17)20/h6-8,11H,5,9H2,1-4H3,(H,21,22). The molecular weight excluding hydrogens is 454 g/mol. The fourth-order valence-corrected chi connectivity index (χ4v) is 3.41. The van der Waals surface area contributed by atoms with Gasteiger partial charge in [0.1, 0.15) is 11.4 Å². The molecule has 0 spiro atoms. The molecule has 2 aromatic rings. The van der Waals surface area contributed by atoms with Crippen molar-refractivity contribution in [1.82, 2.24) is 4.98 Å². The molecule has 10 heteroatoms. The van der Waals surface area contributed by atoms with Crippen molar-refractivity contribution in [3.05, 3.63) is 43.5 Å². The molecule has 0 amide bonds. The van der Waals surface area contributed by atoms with Crippen LogP contribution in [0.25, 0.3) is 0 Å². The van der Waals surface area contributed by atoms with Gasteiger partial charge in [-0.1, -0.05) is 18.5 Å². The first-order valence-corrected chi connectivity index (χ1v) is 9.60. The number of anilines is 1. The Labute approximate surface area is 176 Å². The molecule has 0 radical (unpaired) electrons. The summed E-state index contributed by atoms with van der Waals surface area (Å²) >= 11 is 9.61. The number of aryl methyl sites for hydroxylation is 1. The molecule has 0 fully saturated rings. The highest BCUT2D eigenvalue weighted by Crippen LogP contribution is 2.43. The summed E-state index contributed by atoms with van der Waals surface area (Å²) in [6, 6.07) is 4.70. The van der Waals surface area contributed by atoms with E-state index in [4.69, 9.17) is 25.8 Å². The van der Waals surface area contributed by atoms with Crippen LogP contribution in [0.3, 0.4) is 0 Å². The maximum absolute atomic E-state index is 11.8. The number of nitro groups is 1. The molecule has 0 aliphatic heterocycles. The first-order valence-electron chi connectivity index (χ1n) is 8.43. The largest absolute Gasteiger partial charge is 0.497 e. The van der Waals surface area contributed by atoms with Gasteiger partial charge in [-0.2, -0.15) is 0 Å². The number of hydrogen-bond donors (Lipinski definition) is 1. The average molecular weight is 475 g/mol. The van der Waals surface area contributed by atoms with Crippen LogP contribution in [-0.2, 0) is 4.74 Å². The van der Waals surface area contributed by atoms with Crippen LogP contribution >= 0.6 is 27.5 Å². The lowest BCUT2D eigenvalue weighted by molar-refractivity contribution is -0.385. The smallest absolute Gasteiger partial charge is 0.354 e. The van der Waals surface area contributed by atoms with Crippen LogP contribution in [0.4, 0.5) is 11.4 Å². The fraction of sp³-hybridized carbons (Fsp3) is 0.389. The Balaban J connectivity index is 2.51. The molecule has 28 heavy (non-hydrogen) atoms. The summed E-state index contributed by atoms with van der Waals surface area (Å²) in [5.74, 6) is 0.565. The van der Waals surface area contributed by atoms with Crippen LogP contribution in [0.5, 0.6) is 17.4 Å². The van der Waals surface area contributed by atoms with E-state index in [1.54, 1.807) is 32.2 Å². The molecule has 1 aromatic heterocycles. The van der Waals surface area contributed by atoms with Crippen molar-refractivity contribution < 1.29 is 19.1 Å². The predicted molar refractivity (Wildman–Crippen MR) is 111 cm³/mol. The van der Waals surface area contributed by atoms with Gasteiger partial charge < -0.3 is 19.5 Å². The molecule has 0 saturated heterocycles. The van der Waals surface area contributed by atoms with Crippen molar-refractivity contribution in [2.75, 3.05) is 26.1 Å². The molecule has 2 rings (SSSR count).